The molecule has 5 rings (SSSR count). The molecule has 0 radical (unpaired) electrons. The molecule has 0 saturated carbocycles. The zero-order valence-electron chi connectivity index (χ0n) is 16.8. The SMILES string of the molecule is O=C(c1ccccc1)N(Cc1ccc2c(c1)OCO2)Cc1ccnn1-c1ccccc1. The molecule has 2 heterocycles. The summed E-state index contributed by atoms with van der Waals surface area (Å²) < 4.78 is 12.8. The van der Waals surface area contributed by atoms with Crippen molar-refractivity contribution in [1.29, 1.82) is 0 Å². The molecule has 6 nitrogen and oxygen atoms in total. The summed E-state index contributed by atoms with van der Waals surface area (Å²) in [6.45, 7) is 1.07. The molecular weight excluding hydrogens is 390 g/mol. The number of fused-ring (bicyclic) bond motifs is 1. The van der Waals surface area contributed by atoms with Crippen LogP contribution in [0.25, 0.3) is 5.69 Å². The van der Waals surface area contributed by atoms with Crippen LogP contribution in [0.2, 0.25) is 0 Å². The first-order valence-corrected chi connectivity index (χ1v) is 10.1. The van der Waals surface area contributed by atoms with E-state index in [4.69, 9.17) is 9.47 Å². The molecule has 0 atom stereocenters. The van der Waals surface area contributed by atoms with Gasteiger partial charge in [0.25, 0.3) is 5.91 Å². The van der Waals surface area contributed by atoms with Crippen molar-refractivity contribution in [3.63, 3.8) is 0 Å². The van der Waals surface area contributed by atoms with Gasteiger partial charge in [-0.3, -0.25) is 4.79 Å². The average molecular weight is 411 g/mol. The van der Waals surface area contributed by atoms with Crippen LogP contribution in [0.15, 0.2) is 91.1 Å². The Labute approximate surface area is 180 Å². The van der Waals surface area contributed by atoms with E-state index in [1.165, 1.54) is 0 Å². The number of benzene rings is 3. The lowest BCUT2D eigenvalue weighted by Gasteiger charge is -2.24. The summed E-state index contributed by atoms with van der Waals surface area (Å²) in [5.74, 6) is 1.39. The van der Waals surface area contributed by atoms with Gasteiger partial charge >= 0.3 is 0 Å². The van der Waals surface area contributed by atoms with Crippen molar-refractivity contribution in [2.75, 3.05) is 6.79 Å². The number of rotatable bonds is 6. The molecule has 0 unspecified atom stereocenters. The highest BCUT2D eigenvalue weighted by molar-refractivity contribution is 5.94. The van der Waals surface area contributed by atoms with Crippen LogP contribution in [0, 0.1) is 0 Å². The van der Waals surface area contributed by atoms with Crippen LogP contribution in [-0.2, 0) is 13.1 Å². The smallest absolute Gasteiger partial charge is 0.254 e. The van der Waals surface area contributed by atoms with Gasteiger partial charge in [-0.15, -0.1) is 0 Å². The molecule has 1 aliphatic rings. The normalized spacial score (nSPS) is 12.0. The van der Waals surface area contributed by atoms with E-state index in [2.05, 4.69) is 5.10 Å². The summed E-state index contributed by atoms with van der Waals surface area (Å²) in [5, 5.41) is 4.47. The first kappa shape index (κ1) is 18.9. The predicted octanol–water partition coefficient (Wildman–Crippen LogP) is 4.44. The third kappa shape index (κ3) is 4.00. The van der Waals surface area contributed by atoms with Crippen LogP contribution in [0.5, 0.6) is 11.5 Å². The number of carbonyl (C=O) groups is 1. The molecular formula is C25H21N3O3. The van der Waals surface area contributed by atoms with E-state index in [0.717, 1.165) is 22.7 Å². The second-order valence-corrected chi connectivity index (χ2v) is 7.28. The molecule has 0 N–H and O–H groups in total. The monoisotopic (exact) mass is 411 g/mol. The zero-order valence-corrected chi connectivity index (χ0v) is 16.8. The molecule has 31 heavy (non-hydrogen) atoms. The Morgan fingerprint density at radius 3 is 2.42 bits per heavy atom. The lowest BCUT2D eigenvalue weighted by molar-refractivity contribution is 0.0726. The first-order valence-electron chi connectivity index (χ1n) is 10.1. The minimum atomic E-state index is -0.0425. The maximum atomic E-state index is 13.4. The second-order valence-electron chi connectivity index (χ2n) is 7.28. The van der Waals surface area contributed by atoms with Crippen molar-refractivity contribution in [2.24, 2.45) is 0 Å². The Balaban J connectivity index is 1.46. The van der Waals surface area contributed by atoms with Gasteiger partial charge in [0.15, 0.2) is 11.5 Å². The van der Waals surface area contributed by atoms with Crippen molar-refractivity contribution in [3.05, 3.63) is 108 Å². The van der Waals surface area contributed by atoms with E-state index in [0.29, 0.717) is 24.4 Å². The molecule has 0 saturated heterocycles. The van der Waals surface area contributed by atoms with Crippen LogP contribution in [0.4, 0.5) is 0 Å². The molecule has 1 amide bonds. The second kappa shape index (κ2) is 8.36. The molecule has 0 fully saturated rings. The minimum Gasteiger partial charge on any atom is -0.454 e. The minimum absolute atomic E-state index is 0.0425. The molecule has 0 bridgehead atoms. The van der Waals surface area contributed by atoms with Crippen LogP contribution in [0.3, 0.4) is 0 Å². The fraction of sp³-hybridized carbons (Fsp3) is 0.120. The Bertz CT molecular complexity index is 1190. The van der Waals surface area contributed by atoms with Crippen molar-refractivity contribution < 1.29 is 14.3 Å². The number of para-hydroxylation sites is 1. The molecule has 1 aliphatic heterocycles. The zero-order chi connectivity index (χ0) is 21.0. The van der Waals surface area contributed by atoms with E-state index in [1.807, 2.05) is 94.5 Å². The van der Waals surface area contributed by atoms with Crippen molar-refractivity contribution >= 4 is 5.91 Å². The summed E-state index contributed by atoms with van der Waals surface area (Å²) in [6.07, 6.45) is 1.76. The van der Waals surface area contributed by atoms with Gasteiger partial charge in [-0.1, -0.05) is 42.5 Å². The maximum absolute atomic E-state index is 13.4. The summed E-state index contributed by atoms with van der Waals surface area (Å²) in [6, 6.07) is 27.0. The molecule has 154 valence electrons. The van der Waals surface area contributed by atoms with Crippen LogP contribution in [0.1, 0.15) is 21.6 Å². The Morgan fingerprint density at radius 1 is 0.871 bits per heavy atom. The van der Waals surface area contributed by atoms with Gasteiger partial charge in [-0.25, -0.2) is 4.68 Å². The Morgan fingerprint density at radius 2 is 1.61 bits per heavy atom. The van der Waals surface area contributed by atoms with Crippen LogP contribution in [-0.4, -0.2) is 27.4 Å². The van der Waals surface area contributed by atoms with Crippen molar-refractivity contribution in [1.82, 2.24) is 14.7 Å². The largest absolute Gasteiger partial charge is 0.454 e. The van der Waals surface area contributed by atoms with Crippen molar-refractivity contribution in [3.8, 4) is 17.2 Å². The van der Waals surface area contributed by atoms with Gasteiger partial charge in [0, 0.05) is 18.3 Å². The lowest BCUT2D eigenvalue weighted by Crippen LogP contribution is -2.31. The highest BCUT2D eigenvalue weighted by Gasteiger charge is 2.20. The van der Waals surface area contributed by atoms with Crippen LogP contribution >= 0.6 is 0 Å². The van der Waals surface area contributed by atoms with Crippen LogP contribution < -0.4 is 9.47 Å². The molecule has 6 heteroatoms. The van der Waals surface area contributed by atoms with E-state index in [-0.39, 0.29) is 12.7 Å². The molecule has 0 aliphatic carbocycles. The third-order valence-electron chi connectivity index (χ3n) is 5.19. The quantitative estimate of drug-likeness (QED) is 0.471. The Hall–Kier alpha value is -4.06. The van der Waals surface area contributed by atoms with Gasteiger partial charge in [0.05, 0.1) is 17.9 Å². The summed E-state index contributed by atoms with van der Waals surface area (Å²) in [4.78, 5) is 15.2. The summed E-state index contributed by atoms with van der Waals surface area (Å²) in [5.41, 5.74) is 3.50. The average Bonchev–Trinajstić information content (AvgIpc) is 3.48. The number of aromatic nitrogens is 2. The predicted molar refractivity (Wildman–Crippen MR) is 116 cm³/mol. The summed E-state index contributed by atoms with van der Waals surface area (Å²) >= 11 is 0. The van der Waals surface area contributed by atoms with Gasteiger partial charge in [-0.2, -0.15) is 5.10 Å². The standard InChI is InChI=1S/C25H21N3O3/c29-25(20-7-3-1-4-8-20)27(16-19-11-12-23-24(15-19)31-18-30-23)17-22-13-14-26-28(22)21-9-5-2-6-10-21/h1-15H,16-18H2. The van der Waals surface area contributed by atoms with E-state index >= 15 is 0 Å². The number of hydrogen-bond donors (Lipinski definition) is 0. The number of ether oxygens (including phenoxy) is 2. The number of carbonyl (C=O) groups excluding carboxylic acids is 1. The maximum Gasteiger partial charge on any atom is 0.254 e. The number of amides is 1. The fourth-order valence-electron chi connectivity index (χ4n) is 3.67. The highest BCUT2D eigenvalue weighted by atomic mass is 16.7. The topological polar surface area (TPSA) is 56.6 Å². The molecule has 0 spiro atoms. The van der Waals surface area contributed by atoms with Crippen molar-refractivity contribution in [2.45, 2.75) is 13.1 Å². The van der Waals surface area contributed by atoms with Gasteiger partial charge < -0.3 is 14.4 Å². The van der Waals surface area contributed by atoms with Gasteiger partial charge in [-0.05, 0) is 48.0 Å². The van der Waals surface area contributed by atoms with Gasteiger partial charge in [0.2, 0.25) is 6.79 Å². The molecule has 3 aromatic carbocycles. The first-order chi connectivity index (χ1) is 15.3. The van der Waals surface area contributed by atoms with E-state index in [1.54, 1.807) is 6.20 Å². The fourth-order valence-corrected chi connectivity index (χ4v) is 3.67. The lowest BCUT2D eigenvalue weighted by atomic mass is 10.1. The molecule has 4 aromatic rings. The van der Waals surface area contributed by atoms with E-state index < -0.39 is 0 Å². The summed E-state index contributed by atoms with van der Waals surface area (Å²) in [7, 11) is 0. The van der Waals surface area contributed by atoms with Gasteiger partial charge in [0.1, 0.15) is 0 Å². The third-order valence-corrected chi connectivity index (χ3v) is 5.19. The number of hydrogen-bond acceptors (Lipinski definition) is 4. The highest BCUT2D eigenvalue weighted by Crippen LogP contribution is 2.33. The molecule has 1 aromatic heterocycles. The number of nitrogens with zero attached hydrogens (tertiary/aromatic N) is 3. The van der Waals surface area contributed by atoms with E-state index in [9.17, 15) is 4.79 Å². The Kier molecular flexibility index (Phi) is 5.10.